The Morgan fingerprint density at radius 2 is 1.97 bits per heavy atom. The van der Waals surface area contributed by atoms with E-state index in [0.29, 0.717) is 19.4 Å². The highest BCUT2D eigenvalue weighted by Crippen LogP contribution is 2.65. The zero-order valence-corrected chi connectivity index (χ0v) is 20.5. The fraction of sp³-hybridized carbons (Fsp3) is 0.654. The van der Waals surface area contributed by atoms with Crippen LogP contribution in [0.25, 0.3) is 0 Å². The van der Waals surface area contributed by atoms with Crippen LogP contribution in [-0.2, 0) is 25.5 Å². The molecule has 3 aliphatic rings. The molecule has 1 spiro atoms. The number of aliphatic hydroxyl groups excluding tert-OH is 1. The number of aliphatic hydroxyl groups is 1. The number of hydrogen-bond donors (Lipinski definition) is 3. The van der Waals surface area contributed by atoms with Crippen LogP contribution in [-0.4, -0.2) is 71.2 Å². The lowest BCUT2D eigenvalue weighted by molar-refractivity contribution is -0.150. The standard InChI is InChI=1S/C26H37N3O5/c1-5-6-12-28-23(32)21-26-14-16(2)25(3,34-26)19(22(31)27-4)20(26)24(33)29(21)18(15-30)13-17-10-8-7-9-11-17/h7-11,16,18-21,30H,5-6,12-15H2,1-4H3,(H,27,31)(H,28,32)/t16?,18-,19+,20+,21?,25-,26?/m1/s1. The van der Waals surface area contributed by atoms with Crippen LogP contribution in [0.5, 0.6) is 0 Å². The second kappa shape index (κ2) is 9.30. The molecule has 8 nitrogen and oxygen atoms in total. The maximum Gasteiger partial charge on any atom is 0.245 e. The van der Waals surface area contributed by atoms with E-state index in [1.54, 1.807) is 7.05 Å². The highest BCUT2D eigenvalue weighted by atomic mass is 16.5. The Kier molecular flexibility index (Phi) is 6.75. The van der Waals surface area contributed by atoms with E-state index < -0.39 is 35.1 Å². The molecule has 0 radical (unpaired) electrons. The lowest BCUT2D eigenvalue weighted by atomic mass is 9.62. The Morgan fingerprint density at radius 1 is 1.26 bits per heavy atom. The average Bonchev–Trinajstić information content (AvgIpc) is 3.34. The van der Waals surface area contributed by atoms with Gasteiger partial charge in [0.2, 0.25) is 17.7 Å². The number of nitrogens with one attached hydrogen (secondary N) is 2. The number of amides is 3. The fourth-order valence-electron chi connectivity index (χ4n) is 6.55. The maximum atomic E-state index is 14.1. The number of rotatable bonds is 9. The van der Waals surface area contributed by atoms with Crippen molar-refractivity contribution in [1.29, 1.82) is 0 Å². The summed E-state index contributed by atoms with van der Waals surface area (Å²) < 4.78 is 6.64. The number of fused-ring (bicyclic) bond motifs is 1. The van der Waals surface area contributed by atoms with Crippen LogP contribution in [0, 0.1) is 17.8 Å². The van der Waals surface area contributed by atoms with Gasteiger partial charge in [-0.25, -0.2) is 0 Å². The number of benzene rings is 1. The largest absolute Gasteiger partial charge is 0.394 e. The van der Waals surface area contributed by atoms with Gasteiger partial charge in [-0.15, -0.1) is 0 Å². The Labute approximate surface area is 201 Å². The van der Waals surface area contributed by atoms with E-state index in [0.717, 1.165) is 18.4 Å². The zero-order chi connectivity index (χ0) is 24.7. The van der Waals surface area contributed by atoms with Crippen molar-refractivity contribution in [3.8, 4) is 0 Å². The number of hydrogen-bond acceptors (Lipinski definition) is 5. The number of unbranched alkanes of at least 4 members (excludes halogenated alkanes) is 1. The summed E-state index contributed by atoms with van der Waals surface area (Å²) in [7, 11) is 1.56. The van der Waals surface area contributed by atoms with E-state index in [9.17, 15) is 19.5 Å². The predicted octanol–water partition coefficient (Wildman–Crippen LogP) is 1.26. The molecule has 3 heterocycles. The van der Waals surface area contributed by atoms with Gasteiger partial charge in [-0.1, -0.05) is 50.6 Å². The second-order valence-corrected chi connectivity index (χ2v) is 10.2. The minimum absolute atomic E-state index is 0.00792. The number of likely N-dealkylation sites (tertiary alicyclic amines) is 1. The van der Waals surface area contributed by atoms with Gasteiger partial charge in [-0.05, 0) is 37.7 Å². The van der Waals surface area contributed by atoms with Gasteiger partial charge in [0.15, 0.2) is 0 Å². The molecule has 186 valence electrons. The van der Waals surface area contributed by atoms with Crippen molar-refractivity contribution in [2.75, 3.05) is 20.2 Å². The van der Waals surface area contributed by atoms with E-state index in [1.165, 1.54) is 4.90 Å². The van der Waals surface area contributed by atoms with Gasteiger partial charge in [-0.2, -0.15) is 0 Å². The predicted molar refractivity (Wildman–Crippen MR) is 127 cm³/mol. The van der Waals surface area contributed by atoms with Crippen molar-refractivity contribution in [3.63, 3.8) is 0 Å². The molecular weight excluding hydrogens is 434 g/mol. The van der Waals surface area contributed by atoms with E-state index in [4.69, 9.17) is 4.74 Å². The molecule has 2 bridgehead atoms. The molecule has 1 aromatic carbocycles. The summed E-state index contributed by atoms with van der Waals surface area (Å²) in [5, 5.41) is 16.1. The first-order valence-corrected chi connectivity index (χ1v) is 12.4. The molecule has 3 N–H and O–H groups in total. The van der Waals surface area contributed by atoms with Crippen LogP contribution in [0.2, 0.25) is 0 Å². The molecule has 3 saturated heterocycles. The lowest BCUT2D eigenvalue weighted by Crippen LogP contribution is -2.58. The van der Waals surface area contributed by atoms with E-state index in [-0.39, 0.29) is 30.2 Å². The van der Waals surface area contributed by atoms with E-state index in [1.807, 2.05) is 51.1 Å². The molecule has 4 rings (SSSR count). The zero-order valence-electron chi connectivity index (χ0n) is 20.5. The van der Waals surface area contributed by atoms with Gasteiger partial charge < -0.3 is 25.4 Å². The quantitative estimate of drug-likeness (QED) is 0.470. The number of carbonyl (C=O) groups is 3. The van der Waals surface area contributed by atoms with Gasteiger partial charge in [0.25, 0.3) is 0 Å². The topological polar surface area (TPSA) is 108 Å². The minimum atomic E-state index is -1.09. The third kappa shape index (κ3) is 3.62. The van der Waals surface area contributed by atoms with Crippen LogP contribution < -0.4 is 10.6 Å². The Morgan fingerprint density at radius 3 is 2.59 bits per heavy atom. The molecule has 7 atom stereocenters. The number of carbonyl (C=O) groups excluding carboxylic acids is 3. The third-order valence-electron chi connectivity index (χ3n) is 8.28. The van der Waals surface area contributed by atoms with Crippen LogP contribution in [0.4, 0.5) is 0 Å². The van der Waals surface area contributed by atoms with Crippen molar-refractivity contribution in [2.24, 2.45) is 17.8 Å². The highest BCUT2D eigenvalue weighted by molar-refractivity contribution is 5.99. The van der Waals surface area contributed by atoms with Crippen molar-refractivity contribution in [3.05, 3.63) is 35.9 Å². The molecule has 3 amide bonds. The van der Waals surface area contributed by atoms with Crippen molar-refractivity contribution in [2.45, 2.75) is 69.7 Å². The van der Waals surface area contributed by atoms with E-state index >= 15 is 0 Å². The number of ether oxygens (including phenoxy) is 1. The van der Waals surface area contributed by atoms with Gasteiger partial charge in [-0.3, -0.25) is 14.4 Å². The summed E-state index contributed by atoms with van der Waals surface area (Å²) >= 11 is 0. The molecule has 3 aliphatic heterocycles. The summed E-state index contributed by atoms with van der Waals surface area (Å²) in [5.41, 5.74) is -0.965. The Bertz CT molecular complexity index is 940. The molecule has 1 aromatic rings. The van der Waals surface area contributed by atoms with Crippen molar-refractivity contribution < 1.29 is 24.2 Å². The molecule has 8 heteroatoms. The summed E-state index contributed by atoms with van der Waals surface area (Å²) in [6, 6.07) is 8.11. The highest BCUT2D eigenvalue weighted by Gasteiger charge is 2.80. The van der Waals surface area contributed by atoms with E-state index in [2.05, 4.69) is 10.6 Å². The first-order valence-electron chi connectivity index (χ1n) is 12.4. The van der Waals surface area contributed by atoms with Crippen LogP contribution >= 0.6 is 0 Å². The molecule has 34 heavy (non-hydrogen) atoms. The van der Waals surface area contributed by atoms with Gasteiger partial charge in [0.05, 0.1) is 30.1 Å². The summed E-state index contributed by atoms with van der Waals surface area (Å²) in [5.74, 6) is -2.27. The summed E-state index contributed by atoms with van der Waals surface area (Å²) in [6.07, 6.45) is 2.67. The molecule has 0 saturated carbocycles. The molecule has 3 fully saturated rings. The van der Waals surface area contributed by atoms with Crippen molar-refractivity contribution in [1.82, 2.24) is 15.5 Å². The van der Waals surface area contributed by atoms with Gasteiger partial charge in [0.1, 0.15) is 11.6 Å². The van der Waals surface area contributed by atoms with Crippen LogP contribution in [0.1, 0.15) is 45.6 Å². The Hall–Kier alpha value is -2.45. The first-order chi connectivity index (χ1) is 16.2. The summed E-state index contributed by atoms with van der Waals surface area (Å²) in [4.78, 5) is 42.3. The SMILES string of the molecule is CCCCNC(=O)C1N([C@@H](CO)Cc2ccccc2)C(=O)[C@@H]2[C@@H](C(=O)NC)[C@]3(C)OC12CC3C. The molecular formula is C26H37N3O5. The second-order valence-electron chi connectivity index (χ2n) is 10.2. The van der Waals surface area contributed by atoms with Crippen LogP contribution in [0.15, 0.2) is 30.3 Å². The van der Waals surface area contributed by atoms with Gasteiger partial charge >= 0.3 is 0 Å². The van der Waals surface area contributed by atoms with Gasteiger partial charge in [0, 0.05) is 13.6 Å². The molecule has 0 aromatic heterocycles. The lowest BCUT2D eigenvalue weighted by Gasteiger charge is -2.37. The van der Waals surface area contributed by atoms with Crippen molar-refractivity contribution >= 4 is 17.7 Å². The minimum Gasteiger partial charge on any atom is -0.394 e. The smallest absolute Gasteiger partial charge is 0.245 e. The number of nitrogens with zero attached hydrogens (tertiary/aromatic N) is 1. The normalized spacial score (nSPS) is 34.7. The molecule has 0 aliphatic carbocycles. The monoisotopic (exact) mass is 471 g/mol. The van der Waals surface area contributed by atoms with Crippen LogP contribution in [0.3, 0.4) is 0 Å². The third-order valence-corrected chi connectivity index (χ3v) is 8.28. The molecule has 3 unspecified atom stereocenters. The Balaban J connectivity index is 1.77. The maximum absolute atomic E-state index is 14.1. The fourth-order valence-corrected chi connectivity index (χ4v) is 6.55. The summed E-state index contributed by atoms with van der Waals surface area (Å²) in [6.45, 7) is 6.17. The first kappa shape index (κ1) is 24.7. The average molecular weight is 472 g/mol.